The largest absolute Gasteiger partial charge is 0.392 e. The van der Waals surface area contributed by atoms with E-state index >= 15 is 0 Å². The summed E-state index contributed by atoms with van der Waals surface area (Å²) in [6.45, 7) is 4.39. The molecule has 3 rings (SSSR count). The Hall–Kier alpha value is -1.31. The second-order valence-corrected chi connectivity index (χ2v) is 10.1. The summed E-state index contributed by atoms with van der Waals surface area (Å²) >= 11 is 0. The minimum atomic E-state index is -4.60. The number of rotatable bonds is 8. The lowest BCUT2D eigenvalue weighted by Crippen LogP contribution is -2.52. The molecule has 0 spiro atoms. The Morgan fingerprint density at radius 3 is 2.17 bits per heavy atom. The van der Waals surface area contributed by atoms with E-state index in [1.165, 1.54) is 0 Å². The van der Waals surface area contributed by atoms with Crippen LogP contribution in [0.15, 0.2) is 0 Å². The predicted molar refractivity (Wildman–Crippen MR) is 102 cm³/mol. The number of alkyl halides is 3. The van der Waals surface area contributed by atoms with Gasteiger partial charge in [-0.15, -0.1) is 0 Å². The van der Waals surface area contributed by atoms with E-state index in [-0.39, 0.29) is 35.7 Å². The smallest absolute Gasteiger partial charge is 0.383 e. The summed E-state index contributed by atoms with van der Waals surface area (Å²) in [6.07, 6.45) is -1.32. The Kier molecular flexibility index (Phi) is 6.51. The summed E-state index contributed by atoms with van der Waals surface area (Å²) in [6, 6.07) is -0.101. The first-order valence-corrected chi connectivity index (χ1v) is 10.8. The van der Waals surface area contributed by atoms with Crippen LogP contribution in [0.5, 0.6) is 0 Å². The van der Waals surface area contributed by atoms with E-state index < -0.39 is 24.6 Å². The van der Waals surface area contributed by atoms with E-state index in [2.05, 4.69) is 24.5 Å². The van der Waals surface area contributed by atoms with Gasteiger partial charge in [0.05, 0.1) is 6.42 Å². The molecule has 0 radical (unpaired) electrons. The van der Waals surface area contributed by atoms with Crippen molar-refractivity contribution in [3.05, 3.63) is 0 Å². The second-order valence-electron chi connectivity index (χ2n) is 10.1. The predicted octanol–water partition coefficient (Wildman–Crippen LogP) is 3.16. The molecule has 3 N–H and O–H groups in total. The fourth-order valence-electron chi connectivity index (χ4n) is 4.80. The first-order valence-electron chi connectivity index (χ1n) is 10.8. The average molecular weight is 419 g/mol. The Morgan fingerprint density at radius 2 is 1.66 bits per heavy atom. The monoisotopic (exact) mass is 418 g/mol. The van der Waals surface area contributed by atoms with Crippen LogP contribution in [0.3, 0.4) is 0 Å². The van der Waals surface area contributed by atoms with E-state index in [4.69, 9.17) is 0 Å². The van der Waals surface area contributed by atoms with Gasteiger partial charge in [-0.25, -0.2) is 0 Å². The molecule has 3 fully saturated rings. The topological polar surface area (TPSA) is 78.4 Å². The molecule has 0 aromatic heterocycles. The van der Waals surface area contributed by atoms with Gasteiger partial charge < -0.3 is 15.7 Å². The fraction of sp³-hybridized carbons (Fsp3) is 0.905. The number of aliphatic hydroxyl groups excluding tert-OH is 1. The van der Waals surface area contributed by atoms with Crippen LogP contribution in [0.4, 0.5) is 13.2 Å². The molecule has 3 atom stereocenters. The normalized spacial score (nSPS) is 28.1. The molecule has 3 aliphatic carbocycles. The molecular weight excluding hydrogens is 385 g/mol. The molecule has 0 bridgehead atoms. The second kappa shape index (κ2) is 8.44. The molecule has 0 aromatic carbocycles. The molecule has 8 heteroatoms. The van der Waals surface area contributed by atoms with Crippen molar-refractivity contribution in [1.29, 1.82) is 0 Å². The maximum Gasteiger partial charge on any atom is 0.392 e. The zero-order chi connectivity index (χ0) is 21.4. The van der Waals surface area contributed by atoms with Gasteiger partial charge in [-0.3, -0.25) is 9.59 Å². The van der Waals surface area contributed by atoms with E-state index in [1.807, 2.05) is 0 Å². The molecule has 0 aromatic rings. The van der Waals surface area contributed by atoms with Gasteiger partial charge in [-0.1, -0.05) is 13.8 Å². The highest BCUT2D eigenvalue weighted by Crippen LogP contribution is 2.49. The van der Waals surface area contributed by atoms with E-state index in [0.29, 0.717) is 11.8 Å². The summed E-state index contributed by atoms with van der Waals surface area (Å²) in [7, 11) is 0. The summed E-state index contributed by atoms with van der Waals surface area (Å²) in [5.74, 6) is 0.117. The average Bonchev–Trinajstić information content (AvgIpc) is 3.48. The van der Waals surface area contributed by atoms with Gasteiger partial charge in [0.15, 0.2) is 0 Å². The molecule has 3 saturated carbocycles. The Labute approximate surface area is 170 Å². The number of hydrogen-bond acceptors (Lipinski definition) is 3. The van der Waals surface area contributed by atoms with Crippen molar-refractivity contribution in [2.75, 3.05) is 6.54 Å². The zero-order valence-electron chi connectivity index (χ0n) is 17.2. The van der Waals surface area contributed by atoms with Crippen molar-refractivity contribution < 1.29 is 27.9 Å². The minimum Gasteiger partial charge on any atom is -0.383 e. The fourth-order valence-corrected chi connectivity index (χ4v) is 4.80. The Bertz CT molecular complexity index is 603. The van der Waals surface area contributed by atoms with Crippen molar-refractivity contribution in [3.8, 4) is 0 Å². The van der Waals surface area contributed by atoms with Crippen molar-refractivity contribution in [3.63, 3.8) is 0 Å². The number of hydrogen-bond donors (Lipinski definition) is 3. The number of amides is 2. The van der Waals surface area contributed by atoms with E-state index in [1.54, 1.807) is 0 Å². The Morgan fingerprint density at radius 1 is 1.07 bits per heavy atom. The quantitative estimate of drug-likeness (QED) is 0.567. The minimum absolute atomic E-state index is 0.0353. The summed E-state index contributed by atoms with van der Waals surface area (Å²) < 4.78 is 37.2. The van der Waals surface area contributed by atoms with Gasteiger partial charge in [0.1, 0.15) is 6.10 Å². The third-order valence-electron chi connectivity index (χ3n) is 6.67. The summed E-state index contributed by atoms with van der Waals surface area (Å²) in [5, 5.41) is 15.2. The van der Waals surface area contributed by atoms with Gasteiger partial charge >= 0.3 is 6.18 Å². The van der Waals surface area contributed by atoms with Crippen molar-refractivity contribution in [2.24, 2.45) is 29.1 Å². The molecule has 166 valence electrons. The number of halogens is 3. The highest BCUT2D eigenvalue weighted by atomic mass is 19.4. The number of nitrogens with one attached hydrogen (secondary N) is 2. The summed E-state index contributed by atoms with van der Waals surface area (Å²) in [4.78, 5) is 24.8. The molecule has 3 aliphatic rings. The first kappa shape index (κ1) is 22.4. The van der Waals surface area contributed by atoms with Crippen LogP contribution in [-0.2, 0) is 9.59 Å². The van der Waals surface area contributed by atoms with Gasteiger partial charge in [0.2, 0.25) is 11.8 Å². The molecule has 2 amide bonds. The van der Waals surface area contributed by atoms with Crippen LogP contribution >= 0.6 is 0 Å². The highest BCUT2D eigenvalue weighted by Gasteiger charge is 2.47. The number of aliphatic hydroxyl groups is 1. The van der Waals surface area contributed by atoms with Crippen LogP contribution in [0.2, 0.25) is 0 Å². The third kappa shape index (κ3) is 6.59. The number of carbonyl (C=O) groups excluding carboxylic acids is 2. The van der Waals surface area contributed by atoms with Gasteiger partial charge in [0, 0.05) is 18.5 Å². The molecule has 29 heavy (non-hydrogen) atoms. The maximum absolute atomic E-state index is 12.9. The van der Waals surface area contributed by atoms with Gasteiger partial charge in [-0.2, -0.15) is 13.2 Å². The lowest BCUT2D eigenvalue weighted by Gasteiger charge is -2.41. The highest BCUT2D eigenvalue weighted by molar-refractivity contribution is 5.81. The molecular formula is C21H33F3N2O3. The molecule has 0 heterocycles. The lowest BCUT2D eigenvalue weighted by atomic mass is 9.69. The van der Waals surface area contributed by atoms with Crippen molar-refractivity contribution in [2.45, 2.75) is 83.5 Å². The molecule has 0 saturated heterocycles. The Balaban J connectivity index is 1.57. The van der Waals surface area contributed by atoms with E-state index in [0.717, 1.165) is 44.9 Å². The molecule has 3 unspecified atom stereocenters. The molecule has 5 nitrogen and oxygen atoms in total. The standard InChI is InChI=1S/C21H33F3N2O3/c1-20(2)8-7-15(26-19(29)17(12-3-4-12)13-5-6-13)14(9-20)11-25-18(28)16(27)10-21(22,23)24/h12-17,27H,3-11H2,1-2H3,(H,25,28)(H,26,29). The van der Waals surface area contributed by atoms with Crippen LogP contribution in [0.1, 0.15) is 65.2 Å². The van der Waals surface area contributed by atoms with Gasteiger partial charge in [-0.05, 0) is 68.1 Å². The van der Waals surface area contributed by atoms with Gasteiger partial charge in [0.25, 0.3) is 0 Å². The summed E-state index contributed by atoms with van der Waals surface area (Å²) in [5.41, 5.74) is 0.0353. The van der Waals surface area contributed by atoms with E-state index in [9.17, 15) is 27.9 Å². The first-order chi connectivity index (χ1) is 13.5. The van der Waals surface area contributed by atoms with Crippen molar-refractivity contribution in [1.82, 2.24) is 10.6 Å². The molecule has 0 aliphatic heterocycles. The van der Waals surface area contributed by atoms with Crippen LogP contribution in [-0.4, -0.2) is 41.8 Å². The van der Waals surface area contributed by atoms with Crippen molar-refractivity contribution >= 4 is 11.8 Å². The van der Waals surface area contributed by atoms with Crippen LogP contribution < -0.4 is 10.6 Å². The van der Waals surface area contributed by atoms with Crippen LogP contribution in [0, 0.1) is 29.1 Å². The SMILES string of the molecule is CC1(C)CCC(NC(=O)C(C2CC2)C2CC2)C(CNC(=O)C(O)CC(F)(F)F)C1. The van der Waals surface area contributed by atoms with Crippen LogP contribution in [0.25, 0.3) is 0 Å². The lowest BCUT2D eigenvalue weighted by molar-refractivity contribution is -0.163. The zero-order valence-corrected chi connectivity index (χ0v) is 17.2. The third-order valence-corrected chi connectivity index (χ3v) is 6.67. The maximum atomic E-state index is 12.9. The number of carbonyl (C=O) groups is 2.